The zero-order chi connectivity index (χ0) is 13.6. The van der Waals surface area contributed by atoms with E-state index in [9.17, 15) is 15.0 Å². The highest BCUT2D eigenvalue weighted by Crippen LogP contribution is 2.31. The Bertz CT molecular complexity index is 641. The van der Waals surface area contributed by atoms with Gasteiger partial charge in [0.05, 0.1) is 11.8 Å². The Morgan fingerprint density at radius 1 is 1.53 bits per heavy atom. The van der Waals surface area contributed by atoms with Crippen molar-refractivity contribution in [3.63, 3.8) is 0 Å². The third kappa shape index (κ3) is 1.80. The molecular formula is C11H12N4O4. The van der Waals surface area contributed by atoms with Crippen LogP contribution < -0.4 is 4.90 Å². The predicted molar refractivity (Wildman–Crippen MR) is 63.7 cm³/mol. The molecule has 0 aromatic carbocycles. The first-order chi connectivity index (χ1) is 9.08. The van der Waals surface area contributed by atoms with Gasteiger partial charge >= 0.3 is 5.97 Å². The number of anilines is 1. The molecule has 1 saturated heterocycles. The molecule has 3 heterocycles. The van der Waals surface area contributed by atoms with Crippen LogP contribution >= 0.6 is 0 Å². The van der Waals surface area contributed by atoms with Gasteiger partial charge in [-0.3, -0.25) is 0 Å². The Morgan fingerprint density at radius 2 is 2.32 bits per heavy atom. The molecular weight excluding hydrogens is 252 g/mol. The lowest BCUT2D eigenvalue weighted by Gasteiger charge is -2.22. The van der Waals surface area contributed by atoms with Crippen LogP contribution in [0.5, 0.6) is 0 Å². The summed E-state index contributed by atoms with van der Waals surface area (Å²) in [6.45, 7) is 1.95. The number of β-amino-alcohol motifs (C(OH)–C–C–N with tert-alkyl or cyclic N) is 1. The second-order valence-electron chi connectivity index (χ2n) is 4.54. The highest BCUT2D eigenvalue weighted by Gasteiger charge is 2.38. The summed E-state index contributed by atoms with van der Waals surface area (Å²) < 4.78 is 5.03. The van der Waals surface area contributed by atoms with Crippen molar-refractivity contribution in [3.8, 4) is 0 Å². The van der Waals surface area contributed by atoms with Gasteiger partial charge < -0.3 is 19.6 Å². The summed E-state index contributed by atoms with van der Waals surface area (Å²) in [4.78, 5) is 20.9. The van der Waals surface area contributed by atoms with E-state index < -0.39 is 18.1 Å². The fraction of sp³-hybridized carbons (Fsp3) is 0.455. The minimum atomic E-state index is -0.989. The standard InChI is InChI=1S/C11H12N4O4/c1-5-8-9(12-4-13-10(8)19-14-5)15-3-6(16)2-7(15)11(17)18/h4,6-7,16H,2-3H2,1H3,(H,17,18). The van der Waals surface area contributed by atoms with Gasteiger partial charge in [-0.1, -0.05) is 5.16 Å². The summed E-state index contributed by atoms with van der Waals surface area (Å²) in [5.41, 5.74) is 0.907. The molecule has 2 aromatic rings. The quantitative estimate of drug-likeness (QED) is 0.776. The third-order valence-corrected chi connectivity index (χ3v) is 3.26. The maximum Gasteiger partial charge on any atom is 0.326 e. The van der Waals surface area contributed by atoms with E-state index in [1.807, 2.05) is 0 Å². The average Bonchev–Trinajstić information content (AvgIpc) is 2.93. The number of rotatable bonds is 2. The molecule has 0 spiro atoms. The second kappa shape index (κ2) is 4.16. The SMILES string of the molecule is Cc1noc2ncnc(N3CC(O)CC3C(=O)O)c12. The first-order valence-electron chi connectivity index (χ1n) is 5.82. The minimum absolute atomic E-state index is 0.172. The van der Waals surface area contributed by atoms with Crippen LogP contribution in [0.15, 0.2) is 10.9 Å². The molecule has 1 aliphatic rings. The van der Waals surface area contributed by atoms with Crippen molar-refractivity contribution in [1.82, 2.24) is 15.1 Å². The Hall–Kier alpha value is -2.22. The van der Waals surface area contributed by atoms with Crippen LogP contribution in [0.2, 0.25) is 0 Å². The molecule has 2 unspecified atom stereocenters. The molecule has 2 atom stereocenters. The Kier molecular flexibility index (Phi) is 2.59. The summed E-state index contributed by atoms with van der Waals surface area (Å²) in [5.74, 6) is -0.551. The Balaban J connectivity index is 2.13. The molecule has 3 rings (SSSR count). The van der Waals surface area contributed by atoms with Crippen molar-refractivity contribution in [2.24, 2.45) is 0 Å². The van der Waals surface area contributed by atoms with Gasteiger partial charge in [0.25, 0.3) is 5.71 Å². The van der Waals surface area contributed by atoms with Gasteiger partial charge in [-0.2, -0.15) is 4.98 Å². The largest absolute Gasteiger partial charge is 0.480 e. The van der Waals surface area contributed by atoms with Crippen LogP contribution in [-0.2, 0) is 4.79 Å². The van der Waals surface area contributed by atoms with E-state index in [0.29, 0.717) is 22.6 Å². The van der Waals surface area contributed by atoms with E-state index in [4.69, 9.17) is 4.52 Å². The first-order valence-corrected chi connectivity index (χ1v) is 5.82. The van der Waals surface area contributed by atoms with Crippen molar-refractivity contribution in [2.45, 2.75) is 25.5 Å². The summed E-state index contributed by atoms with van der Waals surface area (Å²) in [6, 6.07) is -0.803. The molecule has 2 aromatic heterocycles. The van der Waals surface area contributed by atoms with Crippen LogP contribution in [-0.4, -0.2) is 50.0 Å². The van der Waals surface area contributed by atoms with Crippen molar-refractivity contribution < 1.29 is 19.5 Å². The monoisotopic (exact) mass is 264 g/mol. The maximum absolute atomic E-state index is 11.3. The van der Waals surface area contributed by atoms with Gasteiger partial charge in [0, 0.05) is 13.0 Å². The van der Waals surface area contributed by atoms with Crippen molar-refractivity contribution in [3.05, 3.63) is 12.0 Å². The average molecular weight is 264 g/mol. The number of carbonyl (C=O) groups is 1. The molecule has 8 heteroatoms. The van der Waals surface area contributed by atoms with E-state index in [0.717, 1.165) is 0 Å². The van der Waals surface area contributed by atoms with Crippen molar-refractivity contribution in [2.75, 3.05) is 11.4 Å². The number of aliphatic carboxylic acids is 1. The first kappa shape index (κ1) is 11.8. The lowest BCUT2D eigenvalue weighted by Crippen LogP contribution is -2.36. The van der Waals surface area contributed by atoms with Gasteiger partial charge in [0.15, 0.2) is 0 Å². The molecule has 0 saturated carbocycles. The van der Waals surface area contributed by atoms with E-state index in [1.165, 1.54) is 6.33 Å². The number of carboxylic acid groups (broad SMARTS) is 1. The van der Waals surface area contributed by atoms with Gasteiger partial charge in [0.1, 0.15) is 23.6 Å². The number of hydrogen-bond acceptors (Lipinski definition) is 7. The topological polar surface area (TPSA) is 113 Å². The molecule has 19 heavy (non-hydrogen) atoms. The molecule has 0 amide bonds. The Morgan fingerprint density at radius 3 is 3.05 bits per heavy atom. The fourth-order valence-corrected chi connectivity index (χ4v) is 2.40. The van der Waals surface area contributed by atoms with Gasteiger partial charge in [-0.05, 0) is 6.92 Å². The molecule has 0 aliphatic carbocycles. The number of aliphatic hydroxyl groups is 1. The lowest BCUT2D eigenvalue weighted by molar-refractivity contribution is -0.138. The van der Waals surface area contributed by atoms with Crippen LogP contribution in [0.1, 0.15) is 12.1 Å². The summed E-state index contributed by atoms with van der Waals surface area (Å²) >= 11 is 0. The van der Waals surface area contributed by atoms with Crippen LogP contribution in [0, 0.1) is 6.92 Å². The smallest absolute Gasteiger partial charge is 0.326 e. The van der Waals surface area contributed by atoms with E-state index in [1.54, 1.807) is 11.8 Å². The molecule has 1 aliphatic heterocycles. The second-order valence-corrected chi connectivity index (χ2v) is 4.54. The third-order valence-electron chi connectivity index (χ3n) is 3.26. The normalized spacial score (nSPS) is 23.2. The number of nitrogens with zero attached hydrogens (tertiary/aromatic N) is 4. The molecule has 8 nitrogen and oxygen atoms in total. The lowest BCUT2D eigenvalue weighted by atomic mass is 10.2. The van der Waals surface area contributed by atoms with E-state index >= 15 is 0 Å². The summed E-state index contributed by atoms with van der Waals surface area (Å²) in [7, 11) is 0. The van der Waals surface area contributed by atoms with Crippen LogP contribution in [0.3, 0.4) is 0 Å². The summed E-state index contributed by atoms with van der Waals surface area (Å²) in [5, 5.41) is 23.3. The number of aromatic nitrogens is 3. The van der Waals surface area contributed by atoms with E-state index in [-0.39, 0.29) is 13.0 Å². The number of carboxylic acids is 1. The zero-order valence-electron chi connectivity index (χ0n) is 10.1. The molecule has 2 N–H and O–H groups in total. The van der Waals surface area contributed by atoms with Gasteiger partial charge in [0.2, 0.25) is 0 Å². The van der Waals surface area contributed by atoms with Gasteiger partial charge in [-0.15, -0.1) is 0 Å². The highest BCUT2D eigenvalue weighted by atomic mass is 16.5. The number of hydrogen-bond donors (Lipinski definition) is 2. The Labute approximate surface area is 107 Å². The maximum atomic E-state index is 11.3. The molecule has 100 valence electrons. The van der Waals surface area contributed by atoms with Gasteiger partial charge in [-0.25, -0.2) is 9.78 Å². The minimum Gasteiger partial charge on any atom is -0.480 e. The van der Waals surface area contributed by atoms with Crippen molar-refractivity contribution >= 4 is 22.9 Å². The van der Waals surface area contributed by atoms with Crippen LogP contribution in [0.4, 0.5) is 5.82 Å². The highest BCUT2D eigenvalue weighted by molar-refractivity contribution is 5.90. The number of fused-ring (bicyclic) bond motifs is 1. The molecule has 1 fully saturated rings. The molecule has 0 bridgehead atoms. The van der Waals surface area contributed by atoms with E-state index in [2.05, 4.69) is 15.1 Å². The van der Waals surface area contributed by atoms with Crippen molar-refractivity contribution in [1.29, 1.82) is 0 Å². The zero-order valence-corrected chi connectivity index (χ0v) is 10.1. The summed E-state index contributed by atoms with van der Waals surface area (Å²) in [6.07, 6.45) is 0.781. The number of aryl methyl sites for hydroxylation is 1. The van der Waals surface area contributed by atoms with Crippen LogP contribution in [0.25, 0.3) is 11.1 Å². The predicted octanol–water partition coefficient (Wildman–Crippen LogP) is -0.0496. The molecule has 0 radical (unpaired) electrons. The fourth-order valence-electron chi connectivity index (χ4n) is 2.40. The number of aliphatic hydroxyl groups excluding tert-OH is 1.